The highest BCUT2D eigenvalue weighted by Gasteiger charge is 2.27. The summed E-state index contributed by atoms with van der Waals surface area (Å²) in [5.41, 5.74) is 1.23. The van der Waals surface area contributed by atoms with Crippen molar-refractivity contribution in [3.63, 3.8) is 0 Å². The predicted octanol–water partition coefficient (Wildman–Crippen LogP) is 1.91. The zero-order valence-electron chi connectivity index (χ0n) is 10.1. The normalized spacial score (nSPS) is 20.6. The quantitative estimate of drug-likeness (QED) is 0.606. The molecule has 1 aromatic heterocycles. The standard InChI is InChI=1S/C12H17N3OS/c1-17-12-13-10(9-2-3-9)8-11(14-12)15-4-6-16-7-5-15/h8-9H,2-7H2,1H3. The van der Waals surface area contributed by atoms with Crippen molar-refractivity contribution in [2.24, 2.45) is 0 Å². The Kier molecular flexibility index (Phi) is 3.20. The van der Waals surface area contributed by atoms with Crippen LogP contribution in [0.15, 0.2) is 11.2 Å². The second kappa shape index (κ2) is 4.82. The maximum absolute atomic E-state index is 5.38. The third kappa shape index (κ3) is 2.55. The summed E-state index contributed by atoms with van der Waals surface area (Å²) < 4.78 is 5.38. The second-order valence-corrected chi connectivity index (χ2v) is 5.28. The molecule has 0 aromatic carbocycles. The zero-order valence-corrected chi connectivity index (χ0v) is 10.9. The molecule has 1 aromatic rings. The minimum atomic E-state index is 0.684. The minimum Gasteiger partial charge on any atom is -0.378 e. The van der Waals surface area contributed by atoms with E-state index in [1.807, 2.05) is 6.26 Å². The highest BCUT2D eigenvalue weighted by atomic mass is 32.2. The summed E-state index contributed by atoms with van der Waals surface area (Å²) in [6.07, 6.45) is 4.61. The Balaban J connectivity index is 1.88. The molecular formula is C12H17N3OS. The van der Waals surface area contributed by atoms with Gasteiger partial charge in [0.15, 0.2) is 5.16 Å². The fourth-order valence-corrected chi connectivity index (χ4v) is 2.45. The first kappa shape index (κ1) is 11.3. The maximum Gasteiger partial charge on any atom is 0.189 e. The van der Waals surface area contributed by atoms with Gasteiger partial charge < -0.3 is 9.64 Å². The monoisotopic (exact) mass is 251 g/mol. The lowest BCUT2D eigenvalue weighted by atomic mass is 10.2. The Bertz CT molecular complexity index is 403. The van der Waals surface area contributed by atoms with Gasteiger partial charge >= 0.3 is 0 Å². The first-order chi connectivity index (χ1) is 8.36. The van der Waals surface area contributed by atoms with Crippen LogP contribution < -0.4 is 4.90 Å². The molecule has 2 heterocycles. The van der Waals surface area contributed by atoms with Crippen LogP contribution in [0.3, 0.4) is 0 Å². The summed E-state index contributed by atoms with van der Waals surface area (Å²) in [4.78, 5) is 11.5. The van der Waals surface area contributed by atoms with E-state index < -0.39 is 0 Å². The Morgan fingerprint density at radius 2 is 2.06 bits per heavy atom. The number of thioether (sulfide) groups is 1. The molecule has 0 atom stereocenters. The van der Waals surface area contributed by atoms with Crippen molar-refractivity contribution in [2.75, 3.05) is 37.5 Å². The third-order valence-electron chi connectivity index (χ3n) is 3.23. The lowest BCUT2D eigenvalue weighted by Gasteiger charge is -2.28. The largest absolute Gasteiger partial charge is 0.378 e. The molecule has 1 saturated heterocycles. The number of rotatable bonds is 3. The summed E-state index contributed by atoms with van der Waals surface area (Å²) in [5, 5.41) is 0.899. The van der Waals surface area contributed by atoms with E-state index in [4.69, 9.17) is 4.74 Å². The summed E-state index contributed by atoms with van der Waals surface area (Å²) in [7, 11) is 0. The van der Waals surface area contributed by atoms with Crippen LogP contribution in [0.1, 0.15) is 24.5 Å². The van der Waals surface area contributed by atoms with Crippen molar-refractivity contribution >= 4 is 17.6 Å². The number of anilines is 1. The zero-order chi connectivity index (χ0) is 11.7. The van der Waals surface area contributed by atoms with Gasteiger partial charge in [0.2, 0.25) is 0 Å². The van der Waals surface area contributed by atoms with Crippen molar-refractivity contribution in [2.45, 2.75) is 23.9 Å². The van der Waals surface area contributed by atoms with Crippen molar-refractivity contribution in [3.8, 4) is 0 Å². The van der Waals surface area contributed by atoms with Crippen molar-refractivity contribution in [1.29, 1.82) is 0 Å². The van der Waals surface area contributed by atoms with Gasteiger partial charge in [-0.05, 0) is 19.1 Å². The summed E-state index contributed by atoms with van der Waals surface area (Å²) >= 11 is 1.63. The van der Waals surface area contributed by atoms with E-state index in [1.165, 1.54) is 18.5 Å². The lowest BCUT2D eigenvalue weighted by Crippen LogP contribution is -2.36. The van der Waals surface area contributed by atoms with Gasteiger partial charge in [-0.3, -0.25) is 0 Å². The van der Waals surface area contributed by atoms with Gasteiger partial charge in [-0.15, -0.1) is 0 Å². The second-order valence-electron chi connectivity index (χ2n) is 4.51. The van der Waals surface area contributed by atoms with Gasteiger partial charge in [0, 0.05) is 25.1 Å². The van der Waals surface area contributed by atoms with E-state index in [9.17, 15) is 0 Å². The van der Waals surface area contributed by atoms with Crippen LogP contribution in [0.2, 0.25) is 0 Å². The van der Waals surface area contributed by atoms with E-state index in [-0.39, 0.29) is 0 Å². The van der Waals surface area contributed by atoms with Crippen LogP contribution >= 0.6 is 11.8 Å². The van der Waals surface area contributed by atoms with Crippen LogP contribution in [-0.4, -0.2) is 42.5 Å². The molecule has 2 aliphatic rings. The SMILES string of the molecule is CSc1nc(C2CC2)cc(N2CCOCC2)n1. The number of hydrogen-bond donors (Lipinski definition) is 0. The van der Waals surface area contributed by atoms with E-state index >= 15 is 0 Å². The number of hydrogen-bond acceptors (Lipinski definition) is 5. The number of nitrogens with zero attached hydrogens (tertiary/aromatic N) is 3. The number of aromatic nitrogens is 2. The smallest absolute Gasteiger partial charge is 0.189 e. The number of ether oxygens (including phenoxy) is 1. The van der Waals surface area contributed by atoms with Gasteiger partial charge in [0.25, 0.3) is 0 Å². The number of morpholine rings is 1. The molecule has 1 saturated carbocycles. The fraction of sp³-hybridized carbons (Fsp3) is 0.667. The highest BCUT2D eigenvalue weighted by Crippen LogP contribution is 2.40. The topological polar surface area (TPSA) is 38.2 Å². The van der Waals surface area contributed by atoms with Crippen molar-refractivity contribution < 1.29 is 4.74 Å². The molecule has 17 heavy (non-hydrogen) atoms. The molecule has 0 radical (unpaired) electrons. The van der Waals surface area contributed by atoms with Gasteiger partial charge in [-0.1, -0.05) is 11.8 Å². The minimum absolute atomic E-state index is 0.684. The molecule has 0 unspecified atom stereocenters. The molecule has 2 fully saturated rings. The Labute approximate surface area is 106 Å². The average Bonchev–Trinajstić information content (AvgIpc) is 3.23. The summed E-state index contributed by atoms with van der Waals surface area (Å²) in [6.45, 7) is 3.48. The van der Waals surface area contributed by atoms with Crippen LogP contribution in [-0.2, 0) is 4.74 Å². The average molecular weight is 251 g/mol. The molecular weight excluding hydrogens is 234 g/mol. The molecule has 0 spiro atoms. The van der Waals surface area contributed by atoms with E-state index in [0.717, 1.165) is 37.3 Å². The third-order valence-corrected chi connectivity index (χ3v) is 3.77. The molecule has 0 amide bonds. The molecule has 5 heteroatoms. The van der Waals surface area contributed by atoms with Gasteiger partial charge in [0.1, 0.15) is 5.82 Å². The first-order valence-electron chi connectivity index (χ1n) is 6.12. The van der Waals surface area contributed by atoms with Crippen LogP contribution in [0, 0.1) is 0 Å². The van der Waals surface area contributed by atoms with Crippen molar-refractivity contribution in [1.82, 2.24) is 9.97 Å². The molecule has 4 nitrogen and oxygen atoms in total. The molecule has 3 rings (SSSR count). The van der Waals surface area contributed by atoms with Crippen molar-refractivity contribution in [3.05, 3.63) is 11.8 Å². The van der Waals surface area contributed by atoms with Gasteiger partial charge in [0.05, 0.1) is 18.9 Å². The van der Waals surface area contributed by atoms with E-state index in [2.05, 4.69) is 20.9 Å². The van der Waals surface area contributed by atoms with E-state index in [0.29, 0.717) is 5.92 Å². The Morgan fingerprint density at radius 3 is 2.71 bits per heavy atom. The van der Waals surface area contributed by atoms with Gasteiger partial charge in [-0.2, -0.15) is 0 Å². The predicted molar refractivity (Wildman–Crippen MR) is 68.8 cm³/mol. The Morgan fingerprint density at radius 1 is 1.29 bits per heavy atom. The fourth-order valence-electron chi connectivity index (χ4n) is 2.06. The Hall–Kier alpha value is -0.810. The molecule has 1 aliphatic carbocycles. The van der Waals surface area contributed by atoms with Gasteiger partial charge in [-0.25, -0.2) is 9.97 Å². The highest BCUT2D eigenvalue weighted by molar-refractivity contribution is 7.98. The first-order valence-corrected chi connectivity index (χ1v) is 7.35. The summed E-state index contributed by atoms with van der Waals surface area (Å²) in [5.74, 6) is 1.76. The molecule has 1 aliphatic heterocycles. The molecule has 0 N–H and O–H groups in total. The molecule has 0 bridgehead atoms. The lowest BCUT2D eigenvalue weighted by molar-refractivity contribution is 0.122. The van der Waals surface area contributed by atoms with Crippen LogP contribution in [0.4, 0.5) is 5.82 Å². The van der Waals surface area contributed by atoms with E-state index in [1.54, 1.807) is 11.8 Å². The van der Waals surface area contributed by atoms with Crippen LogP contribution in [0.5, 0.6) is 0 Å². The maximum atomic E-state index is 5.38. The molecule has 92 valence electrons. The van der Waals surface area contributed by atoms with Crippen LogP contribution in [0.25, 0.3) is 0 Å². The summed E-state index contributed by atoms with van der Waals surface area (Å²) in [6, 6.07) is 2.17.